The van der Waals surface area contributed by atoms with E-state index >= 15 is 0 Å². The second-order valence-electron chi connectivity index (χ2n) is 10.5. The van der Waals surface area contributed by atoms with Crippen LogP contribution in [0.4, 0.5) is 10.0 Å². The predicted octanol–water partition coefficient (Wildman–Crippen LogP) is 6.87. The van der Waals surface area contributed by atoms with Crippen molar-refractivity contribution in [2.45, 2.75) is 13.8 Å². The number of allylic oxidation sites excluding steroid dienone is 2. The highest BCUT2D eigenvalue weighted by Crippen LogP contribution is 2.46. The van der Waals surface area contributed by atoms with Crippen LogP contribution >= 0.6 is 46.2 Å². The number of aliphatic imine (C=N–C) groups is 2. The lowest BCUT2D eigenvalue weighted by Gasteiger charge is -2.12. The third-order valence-corrected chi connectivity index (χ3v) is 12.4. The summed E-state index contributed by atoms with van der Waals surface area (Å²) in [6.07, 6.45) is 0. The van der Waals surface area contributed by atoms with Gasteiger partial charge in [0.05, 0.1) is 31.5 Å². The molecule has 0 N–H and O–H groups in total. The molecule has 16 heteroatoms. The number of rotatable bonds is 4. The van der Waals surface area contributed by atoms with Gasteiger partial charge in [-0.1, -0.05) is 0 Å². The molecule has 0 atom stereocenters. The smallest absolute Gasteiger partial charge is 0.284 e. The van der Waals surface area contributed by atoms with Crippen LogP contribution in [0.25, 0.3) is 42.2 Å². The summed E-state index contributed by atoms with van der Waals surface area (Å²) in [6.45, 7) is 4.22. The summed E-state index contributed by atoms with van der Waals surface area (Å²) in [5, 5.41) is 41.9. The molecule has 12 nitrogen and oxygen atoms in total. The molecule has 7 rings (SSSR count). The van der Waals surface area contributed by atoms with E-state index in [0.717, 1.165) is 65.8 Å². The zero-order valence-corrected chi connectivity index (χ0v) is 28.9. The van der Waals surface area contributed by atoms with Gasteiger partial charge in [0.2, 0.25) is 0 Å². The van der Waals surface area contributed by atoms with Crippen molar-refractivity contribution < 1.29 is 9.59 Å². The van der Waals surface area contributed by atoms with Crippen LogP contribution in [0, 0.1) is 45.3 Å². The number of nitrogens with zero attached hydrogens (tertiary/aromatic N) is 10. The van der Waals surface area contributed by atoms with E-state index in [1.165, 1.54) is 32.5 Å². The zero-order valence-electron chi connectivity index (χ0n) is 25.6. The first-order valence-electron chi connectivity index (χ1n) is 14.4. The van der Waals surface area contributed by atoms with Gasteiger partial charge in [0.15, 0.2) is 21.2 Å². The van der Waals surface area contributed by atoms with E-state index in [4.69, 9.17) is 0 Å². The highest BCUT2D eigenvalue weighted by molar-refractivity contribution is 8.20. The first kappa shape index (κ1) is 31.3. The number of aromatic nitrogens is 2. The molecule has 234 valence electrons. The highest BCUT2D eigenvalue weighted by atomic mass is 32.2. The molecule has 2 aliphatic heterocycles. The number of hydrogen-bond acceptors (Lipinski definition) is 12. The van der Waals surface area contributed by atoms with Crippen LogP contribution in [0.2, 0.25) is 0 Å². The topological polar surface area (TPSA) is 170 Å². The summed E-state index contributed by atoms with van der Waals surface area (Å²) in [4.78, 5) is 38.2. The number of thioether (sulfide) groups is 2. The van der Waals surface area contributed by atoms with E-state index in [1.807, 2.05) is 50.5 Å². The van der Waals surface area contributed by atoms with Gasteiger partial charge in [-0.15, -0.1) is 22.7 Å². The van der Waals surface area contributed by atoms with Gasteiger partial charge in [-0.2, -0.15) is 21.0 Å². The van der Waals surface area contributed by atoms with Crippen molar-refractivity contribution in [1.82, 2.24) is 18.9 Å². The van der Waals surface area contributed by atoms with Crippen molar-refractivity contribution in [2.75, 3.05) is 13.1 Å². The Kier molecular flexibility index (Phi) is 7.62. The normalized spacial score (nSPS) is 16.7. The van der Waals surface area contributed by atoms with Gasteiger partial charge < -0.3 is 9.13 Å². The van der Waals surface area contributed by atoms with Crippen LogP contribution in [0.1, 0.15) is 13.8 Å². The maximum atomic E-state index is 13.1. The zero-order chi connectivity index (χ0) is 34.0. The molecule has 6 heterocycles. The second kappa shape index (κ2) is 11.7. The Bertz CT molecular complexity index is 2400. The van der Waals surface area contributed by atoms with E-state index < -0.39 is 0 Å². The Morgan fingerprint density at radius 2 is 1.02 bits per heavy atom. The number of fused-ring (bicyclic) bond motifs is 6. The van der Waals surface area contributed by atoms with Crippen LogP contribution < -0.4 is 0 Å². The lowest BCUT2D eigenvalue weighted by atomic mass is 10.2. The summed E-state index contributed by atoms with van der Waals surface area (Å²) in [5.74, 6) is -0.662. The van der Waals surface area contributed by atoms with Crippen molar-refractivity contribution in [1.29, 1.82) is 21.0 Å². The number of aryl methyl sites for hydroxylation is 2. The minimum Gasteiger partial charge on any atom is -0.343 e. The molecular weight excluding hydrogens is 685 g/mol. The molecule has 4 aromatic heterocycles. The molecule has 2 aliphatic rings. The molecule has 5 aromatic rings. The van der Waals surface area contributed by atoms with Crippen LogP contribution in [0.15, 0.2) is 55.5 Å². The molecule has 0 radical (unpaired) electrons. The Labute approximate surface area is 289 Å². The molecule has 0 bridgehead atoms. The van der Waals surface area contributed by atoms with Crippen molar-refractivity contribution in [3.8, 4) is 24.3 Å². The second-order valence-corrected chi connectivity index (χ2v) is 14.6. The molecule has 0 saturated carbocycles. The maximum Gasteiger partial charge on any atom is 0.284 e. The number of thiophene rings is 2. The van der Waals surface area contributed by atoms with E-state index in [-0.39, 0.29) is 33.0 Å². The van der Waals surface area contributed by atoms with E-state index in [1.54, 1.807) is 13.8 Å². The monoisotopic (exact) mass is 704 g/mol. The van der Waals surface area contributed by atoms with Crippen molar-refractivity contribution in [3.05, 3.63) is 45.5 Å². The average Bonchev–Trinajstić information content (AvgIpc) is 3.91. The predicted molar refractivity (Wildman–Crippen MR) is 191 cm³/mol. The van der Waals surface area contributed by atoms with Crippen LogP contribution in [0.5, 0.6) is 0 Å². The summed E-state index contributed by atoms with van der Waals surface area (Å²) < 4.78 is 6.23. The maximum absolute atomic E-state index is 13.1. The van der Waals surface area contributed by atoms with Gasteiger partial charge in [0.1, 0.15) is 44.3 Å². The number of carbonyl (C=O) groups is 2. The quantitative estimate of drug-likeness (QED) is 0.183. The number of carbonyl (C=O) groups excluding carboxylic acids is 2. The van der Waals surface area contributed by atoms with Gasteiger partial charge in [-0.3, -0.25) is 19.4 Å². The molecular formula is C32H20N10O2S4. The largest absolute Gasteiger partial charge is 0.343 e. The van der Waals surface area contributed by atoms with Gasteiger partial charge in [0, 0.05) is 38.0 Å². The van der Waals surface area contributed by atoms with E-state index in [9.17, 15) is 30.6 Å². The Hall–Kier alpha value is -5.36. The lowest BCUT2D eigenvalue weighted by Crippen LogP contribution is -2.26. The Morgan fingerprint density at radius 1 is 0.646 bits per heavy atom. The molecule has 0 spiro atoms. The first-order chi connectivity index (χ1) is 23.2. The minimum atomic E-state index is -0.331. The molecule has 2 fully saturated rings. The summed E-state index contributed by atoms with van der Waals surface area (Å²) >= 11 is 5.04. The molecule has 2 amide bonds. The first-order valence-corrected chi connectivity index (χ1v) is 17.6. The molecule has 0 aliphatic carbocycles. The fraction of sp³-hybridized carbons (Fsp3) is 0.188. The Morgan fingerprint density at radius 3 is 1.35 bits per heavy atom. The summed E-state index contributed by atoms with van der Waals surface area (Å²) in [7, 11) is 3.97. The molecule has 2 saturated heterocycles. The highest BCUT2D eigenvalue weighted by Gasteiger charge is 2.36. The third kappa shape index (κ3) is 4.54. The van der Waals surface area contributed by atoms with Crippen molar-refractivity contribution in [3.63, 3.8) is 0 Å². The van der Waals surface area contributed by atoms with Gasteiger partial charge >= 0.3 is 0 Å². The minimum absolute atomic E-state index is 0.112. The average molecular weight is 705 g/mol. The van der Waals surface area contributed by atoms with Gasteiger partial charge in [-0.25, -0.2) is 9.98 Å². The van der Waals surface area contributed by atoms with Gasteiger partial charge in [0.25, 0.3) is 11.8 Å². The fourth-order valence-electron chi connectivity index (χ4n) is 5.81. The number of nitriles is 4. The number of hydrogen-bond donors (Lipinski definition) is 0. The fourth-order valence-corrected chi connectivity index (χ4v) is 10.2. The van der Waals surface area contributed by atoms with Crippen LogP contribution in [0.3, 0.4) is 0 Å². The number of amides is 2. The van der Waals surface area contributed by atoms with Crippen molar-refractivity contribution in [2.24, 2.45) is 24.1 Å². The summed E-state index contributed by atoms with van der Waals surface area (Å²) in [6, 6.07) is 15.7. The SMILES string of the molecule is CCN1C(=O)C(=Nc2cc3c(s2)c2cc4c(cc2n3C)c2sc(N=C3SC(=C(C#N)C#N)N(CC)C3=O)cc2n4C)SC1=C(C#N)C#N. The van der Waals surface area contributed by atoms with E-state index in [2.05, 4.69) is 31.3 Å². The molecule has 0 unspecified atom stereocenters. The molecule has 1 aromatic carbocycles. The standard InChI is InChI=1S/C32H20N10O2S4/c1-5-41-29(43)27(47-31(41)15(11-33)12-34)37-23-9-21-25(45-23)17-7-20-18(8-19(17)39(21)3)26-22(40(20)4)10-24(46-26)38-28-30(44)42(6-2)32(48-28)16(13-35)14-36/h7-10H,5-6H2,1-4H3. The lowest BCUT2D eigenvalue weighted by molar-refractivity contribution is -0.121. The van der Waals surface area contributed by atoms with Crippen LogP contribution in [-0.2, 0) is 23.7 Å². The van der Waals surface area contributed by atoms with Crippen LogP contribution in [-0.4, -0.2) is 53.9 Å². The Balaban J connectivity index is 1.29. The number of benzene rings is 1. The molecule has 48 heavy (non-hydrogen) atoms. The third-order valence-electron chi connectivity index (χ3n) is 8.11. The van der Waals surface area contributed by atoms with Crippen molar-refractivity contribution >= 4 is 120 Å². The summed E-state index contributed by atoms with van der Waals surface area (Å²) in [5.41, 5.74) is 3.74. The van der Waals surface area contributed by atoms with Gasteiger partial charge in [-0.05, 0) is 61.6 Å². The van der Waals surface area contributed by atoms with E-state index in [0.29, 0.717) is 33.1 Å².